The molecular formula is C16H14BrF4NO3S. The van der Waals surface area contributed by atoms with Crippen LogP contribution in [0.5, 0.6) is 0 Å². The lowest BCUT2D eigenvalue weighted by Crippen LogP contribution is -2.29. The van der Waals surface area contributed by atoms with Gasteiger partial charge in [-0.2, -0.15) is 21.6 Å². The fourth-order valence-corrected chi connectivity index (χ4v) is 2.90. The van der Waals surface area contributed by atoms with E-state index >= 15 is 0 Å². The molecular weight excluding hydrogens is 442 g/mol. The fourth-order valence-electron chi connectivity index (χ4n) is 2.01. The third-order valence-electron chi connectivity index (χ3n) is 3.29. The van der Waals surface area contributed by atoms with Crippen LogP contribution in [0, 0.1) is 5.82 Å². The molecule has 0 saturated heterocycles. The number of ether oxygens (including phenoxy) is 1. The maximum atomic E-state index is 13.6. The maximum Gasteiger partial charge on any atom is 0.516 e. The molecule has 0 aliphatic rings. The second kappa shape index (κ2) is 8.36. The van der Waals surface area contributed by atoms with E-state index in [1.165, 1.54) is 29.0 Å². The largest absolute Gasteiger partial charge is 0.516 e. The molecule has 10 heteroatoms. The van der Waals surface area contributed by atoms with Gasteiger partial charge in [0.15, 0.2) is 0 Å². The summed E-state index contributed by atoms with van der Waals surface area (Å²) in [5, 5.41) is 0. The van der Waals surface area contributed by atoms with Crippen LogP contribution in [0.4, 0.5) is 23.2 Å². The standard InChI is InChI=1S/C16H14BrF4NO3S/c17-13-5-4-12(15(18)9-13)10-25-7-6-11-2-1-3-14(8-11)22-26(23,24)16(19,20)21/h1-5,8-9,22H,6-7,10H2. The van der Waals surface area contributed by atoms with Crippen LogP contribution in [0.2, 0.25) is 0 Å². The highest BCUT2D eigenvalue weighted by Gasteiger charge is 2.46. The van der Waals surface area contributed by atoms with Gasteiger partial charge in [-0.3, -0.25) is 4.72 Å². The SMILES string of the molecule is O=S(=O)(Nc1cccc(CCOCc2ccc(Br)cc2F)c1)C(F)(F)F. The number of benzene rings is 2. The number of nitrogens with one attached hydrogen (secondary N) is 1. The van der Waals surface area contributed by atoms with Crippen molar-refractivity contribution in [2.75, 3.05) is 11.3 Å². The van der Waals surface area contributed by atoms with Crippen LogP contribution < -0.4 is 4.72 Å². The van der Waals surface area contributed by atoms with Gasteiger partial charge in [0.1, 0.15) is 5.82 Å². The number of hydrogen-bond acceptors (Lipinski definition) is 3. The monoisotopic (exact) mass is 455 g/mol. The van der Waals surface area contributed by atoms with Crippen molar-refractivity contribution in [1.82, 2.24) is 0 Å². The molecule has 1 N–H and O–H groups in total. The predicted molar refractivity (Wildman–Crippen MR) is 92.5 cm³/mol. The van der Waals surface area contributed by atoms with Crippen LogP contribution >= 0.6 is 15.9 Å². The molecule has 2 aromatic rings. The average Bonchev–Trinajstić information content (AvgIpc) is 2.52. The second-order valence-electron chi connectivity index (χ2n) is 5.29. The van der Waals surface area contributed by atoms with Crippen molar-refractivity contribution >= 4 is 31.6 Å². The molecule has 4 nitrogen and oxygen atoms in total. The molecule has 0 amide bonds. The predicted octanol–water partition coefficient (Wildman–Crippen LogP) is 4.61. The zero-order valence-corrected chi connectivity index (χ0v) is 15.6. The van der Waals surface area contributed by atoms with Gasteiger partial charge in [-0.05, 0) is 36.2 Å². The number of halogens is 5. The summed E-state index contributed by atoms with van der Waals surface area (Å²) >= 11 is 3.15. The normalized spacial score (nSPS) is 12.2. The summed E-state index contributed by atoms with van der Waals surface area (Å²) in [6, 6.07) is 10.1. The molecule has 142 valence electrons. The van der Waals surface area contributed by atoms with Gasteiger partial charge in [-0.15, -0.1) is 0 Å². The summed E-state index contributed by atoms with van der Waals surface area (Å²) in [7, 11) is -5.46. The van der Waals surface area contributed by atoms with E-state index in [4.69, 9.17) is 4.74 Å². The van der Waals surface area contributed by atoms with E-state index in [0.29, 0.717) is 22.0 Å². The van der Waals surface area contributed by atoms with Gasteiger partial charge in [0.05, 0.1) is 13.2 Å². The van der Waals surface area contributed by atoms with Crippen LogP contribution in [0.25, 0.3) is 0 Å². The molecule has 0 aliphatic carbocycles. The van der Waals surface area contributed by atoms with Gasteiger partial charge in [0.2, 0.25) is 0 Å². The Morgan fingerprint density at radius 3 is 2.50 bits per heavy atom. The Bertz CT molecular complexity index is 872. The van der Waals surface area contributed by atoms with Gasteiger partial charge in [-0.25, -0.2) is 4.39 Å². The molecule has 2 rings (SSSR count). The number of anilines is 1. The maximum absolute atomic E-state index is 13.6. The van der Waals surface area contributed by atoms with Crippen LogP contribution in [-0.4, -0.2) is 20.5 Å². The van der Waals surface area contributed by atoms with Gasteiger partial charge < -0.3 is 4.74 Å². The molecule has 26 heavy (non-hydrogen) atoms. The van der Waals surface area contributed by atoms with E-state index in [1.807, 2.05) is 0 Å². The molecule has 0 saturated carbocycles. The highest BCUT2D eigenvalue weighted by Crippen LogP contribution is 2.25. The minimum absolute atomic E-state index is 0.0412. The third kappa shape index (κ3) is 5.68. The zero-order valence-electron chi connectivity index (χ0n) is 13.2. The molecule has 0 heterocycles. The Morgan fingerprint density at radius 1 is 1.12 bits per heavy atom. The van der Waals surface area contributed by atoms with E-state index in [-0.39, 0.29) is 18.9 Å². The summed E-state index contributed by atoms with van der Waals surface area (Å²) in [6.45, 7) is 0.227. The van der Waals surface area contributed by atoms with Gasteiger partial charge in [-0.1, -0.05) is 34.1 Å². The van der Waals surface area contributed by atoms with Crippen molar-refractivity contribution in [2.24, 2.45) is 0 Å². The molecule has 0 unspecified atom stereocenters. The minimum atomic E-state index is -5.46. The van der Waals surface area contributed by atoms with E-state index in [2.05, 4.69) is 15.9 Å². The van der Waals surface area contributed by atoms with E-state index in [0.717, 1.165) is 0 Å². The summed E-state index contributed by atoms with van der Waals surface area (Å²) < 4.78 is 80.5. The second-order valence-corrected chi connectivity index (χ2v) is 7.88. The zero-order chi connectivity index (χ0) is 19.4. The molecule has 0 fully saturated rings. The lowest BCUT2D eigenvalue weighted by molar-refractivity contribution is -0.0429. The first-order valence-corrected chi connectivity index (χ1v) is 9.56. The molecule has 0 spiro atoms. The molecule has 2 aromatic carbocycles. The molecule has 0 bridgehead atoms. The minimum Gasteiger partial charge on any atom is -0.376 e. The Hall–Kier alpha value is -1.65. The van der Waals surface area contributed by atoms with Crippen molar-refractivity contribution in [1.29, 1.82) is 0 Å². The van der Waals surface area contributed by atoms with Crippen molar-refractivity contribution in [2.45, 2.75) is 18.5 Å². The van der Waals surface area contributed by atoms with Crippen LogP contribution in [0.15, 0.2) is 46.9 Å². The Kier molecular flexibility index (Phi) is 6.64. The van der Waals surface area contributed by atoms with Crippen molar-refractivity contribution in [3.8, 4) is 0 Å². The van der Waals surface area contributed by atoms with Gasteiger partial charge in [0.25, 0.3) is 0 Å². The van der Waals surface area contributed by atoms with Crippen LogP contribution in [0.1, 0.15) is 11.1 Å². The molecule has 0 radical (unpaired) electrons. The number of alkyl halides is 3. The summed E-state index contributed by atoms with van der Waals surface area (Å²) in [4.78, 5) is 0. The lowest BCUT2D eigenvalue weighted by atomic mass is 10.1. The summed E-state index contributed by atoms with van der Waals surface area (Å²) in [6.07, 6.45) is 0.319. The third-order valence-corrected chi connectivity index (χ3v) is 4.90. The molecule has 0 aromatic heterocycles. The lowest BCUT2D eigenvalue weighted by Gasteiger charge is -2.11. The van der Waals surface area contributed by atoms with E-state index in [9.17, 15) is 26.0 Å². The first-order valence-electron chi connectivity index (χ1n) is 7.28. The topological polar surface area (TPSA) is 55.4 Å². The van der Waals surface area contributed by atoms with Gasteiger partial charge >= 0.3 is 15.5 Å². The van der Waals surface area contributed by atoms with Crippen LogP contribution in [0.3, 0.4) is 0 Å². The summed E-state index contributed by atoms with van der Waals surface area (Å²) in [5.41, 5.74) is -4.64. The Labute approximate surface area is 156 Å². The highest BCUT2D eigenvalue weighted by atomic mass is 79.9. The Balaban J connectivity index is 1.91. The number of rotatable bonds is 7. The highest BCUT2D eigenvalue weighted by molar-refractivity contribution is 9.10. The fraction of sp³-hybridized carbons (Fsp3) is 0.250. The quantitative estimate of drug-likeness (QED) is 0.489. The van der Waals surface area contributed by atoms with Crippen molar-refractivity contribution in [3.05, 3.63) is 63.9 Å². The number of sulfonamides is 1. The van der Waals surface area contributed by atoms with Crippen LogP contribution in [-0.2, 0) is 27.8 Å². The first kappa shape index (κ1) is 20.7. The van der Waals surface area contributed by atoms with E-state index < -0.39 is 21.3 Å². The first-order chi connectivity index (χ1) is 12.1. The molecule has 0 aliphatic heterocycles. The van der Waals surface area contributed by atoms with Gasteiger partial charge in [0, 0.05) is 15.7 Å². The molecule has 0 atom stereocenters. The van der Waals surface area contributed by atoms with Crippen molar-refractivity contribution in [3.63, 3.8) is 0 Å². The van der Waals surface area contributed by atoms with Crippen molar-refractivity contribution < 1.29 is 30.7 Å². The summed E-state index contributed by atoms with van der Waals surface area (Å²) in [5.74, 6) is -0.414. The Morgan fingerprint density at radius 2 is 1.85 bits per heavy atom. The average molecular weight is 456 g/mol. The number of hydrogen-bond donors (Lipinski definition) is 1. The smallest absolute Gasteiger partial charge is 0.376 e. The van der Waals surface area contributed by atoms with E-state index in [1.54, 1.807) is 18.2 Å².